The Morgan fingerprint density at radius 2 is 1.61 bits per heavy atom. The maximum atomic E-state index is 12.8. The quantitative estimate of drug-likeness (QED) is 0.353. The summed E-state index contributed by atoms with van der Waals surface area (Å²) in [7, 11) is 0. The third-order valence-electron chi connectivity index (χ3n) is 5.83. The molecule has 0 aromatic heterocycles. The Balaban J connectivity index is 1.38. The van der Waals surface area contributed by atoms with Gasteiger partial charge in [-0.15, -0.1) is 0 Å². The van der Waals surface area contributed by atoms with Gasteiger partial charge < -0.3 is 10.6 Å². The molecule has 2 amide bonds. The van der Waals surface area contributed by atoms with E-state index in [1.54, 1.807) is 18.2 Å². The van der Waals surface area contributed by atoms with E-state index in [-0.39, 0.29) is 23.0 Å². The summed E-state index contributed by atoms with van der Waals surface area (Å²) in [6.45, 7) is 0. The molecule has 0 aliphatic heterocycles. The molecule has 3 aromatic rings. The Bertz CT molecular complexity index is 1190. The first-order valence-corrected chi connectivity index (χ1v) is 11.7. The van der Waals surface area contributed by atoms with Crippen LogP contribution in [-0.2, 0) is 4.79 Å². The lowest BCUT2D eigenvalue weighted by molar-refractivity contribution is -0.115. The average molecular weight is 458 g/mol. The summed E-state index contributed by atoms with van der Waals surface area (Å²) in [5, 5.41) is 11.1. The number of fused-ring (bicyclic) bond motifs is 1. The first-order chi connectivity index (χ1) is 16.1. The van der Waals surface area contributed by atoms with Crippen LogP contribution < -0.4 is 16.0 Å². The van der Waals surface area contributed by atoms with E-state index in [2.05, 4.69) is 16.0 Å². The van der Waals surface area contributed by atoms with E-state index in [4.69, 9.17) is 12.2 Å². The second-order valence-electron chi connectivity index (χ2n) is 8.20. The first-order valence-electron chi connectivity index (χ1n) is 11.3. The van der Waals surface area contributed by atoms with Gasteiger partial charge >= 0.3 is 0 Å². The number of carbonyl (C=O) groups is 2. The number of carbonyl (C=O) groups excluding carboxylic acids is 2. The van der Waals surface area contributed by atoms with Gasteiger partial charge in [-0.1, -0.05) is 73.9 Å². The fourth-order valence-electron chi connectivity index (χ4n) is 4.17. The molecule has 1 saturated carbocycles. The fourth-order valence-corrected chi connectivity index (χ4v) is 4.38. The van der Waals surface area contributed by atoms with Gasteiger partial charge in [-0.3, -0.25) is 14.9 Å². The number of nitrogens with one attached hydrogen (secondary N) is 3. The van der Waals surface area contributed by atoms with E-state index in [1.807, 2.05) is 54.6 Å². The summed E-state index contributed by atoms with van der Waals surface area (Å²) < 4.78 is 0. The molecule has 5 nitrogen and oxygen atoms in total. The summed E-state index contributed by atoms with van der Waals surface area (Å²) in [5.41, 5.74) is 2.02. The van der Waals surface area contributed by atoms with Crippen LogP contribution >= 0.6 is 12.2 Å². The third kappa shape index (κ3) is 6.05. The van der Waals surface area contributed by atoms with Crippen molar-refractivity contribution in [3.63, 3.8) is 0 Å². The van der Waals surface area contributed by atoms with Crippen LogP contribution in [0.3, 0.4) is 0 Å². The molecule has 6 heteroatoms. The second kappa shape index (κ2) is 10.9. The summed E-state index contributed by atoms with van der Waals surface area (Å²) >= 11 is 5.32. The molecule has 1 aliphatic carbocycles. The van der Waals surface area contributed by atoms with Crippen LogP contribution in [0.1, 0.15) is 48.0 Å². The highest BCUT2D eigenvalue weighted by Gasteiger charge is 2.18. The molecule has 3 N–H and O–H groups in total. The molecule has 0 spiro atoms. The van der Waals surface area contributed by atoms with Gasteiger partial charge in [0.1, 0.15) is 0 Å². The maximum Gasteiger partial charge on any atom is 0.253 e. The molecule has 0 atom stereocenters. The molecule has 1 fully saturated rings. The van der Waals surface area contributed by atoms with Crippen molar-refractivity contribution in [2.45, 2.75) is 38.1 Å². The van der Waals surface area contributed by atoms with E-state index in [9.17, 15) is 9.59 Å². The van der Waals surface area contributed by atoms with Gasteiger partial charge in [-0.2, -0.15) is 0 Å². The van der Waals surface area contributed by atoms with E-state index < -0.39 is 0 Å². The molecular formula is C27H27N3O2S. The van der Waals surface area contributed by atoms with Crippen LogP contribution in [0, 0.1) is 0 Å². The summed E-state index contributed by atoms with van der Waals surface area (Å²) in [6.07, 6.45) is 8.77. The van der Waals surface area contributed by atoms with Crippen molar-refractivity contribution < 1.29 is 9.59 Å². The van der Waals surface area contributed by atoms with Crippen LogP contribution in [0.25, 0.3) is 16.8 Å². The van der Waals surface area contributed by atoms with Crippen molar-refractivity contribution in [1.29, 1.82) is 0 Å². The number of thiocarbonyl (C=S) groups is 1. The maximum absolute atomic E-state index is 12.8. The minimum atomic E-state index is -0.343. The van der Waals surface area contributed by atoms with Crippen LogP contribution in [0.5, 0.6) is 0 Å². The van der Waals surface area contributed by atoms with Crippen LogP contribution in [0.2, 0.25) is 0 Å². The van der Waals surface area contributed by atoms with E-state index >= 15 is 0 Å². The SMILES string of the molecule is O=C(/C=C/c1cccc2ccccc12)NC(=S)Nc1ccccc1C(=O)NC1CCCCC1. The molecule has 0 radical (unpaired) electrons. The fraction of sp³-hybridized carbons (Fsp3) is 0.222. The second-order valence-corrected chi connectivity index (χ2v) is 8.61. The van der Waals surface area contributed by atoms with Crippen molar-refractivity contribution in [2.24, 2.45) is 0 Å². The Labute approximate surface area is 199 Å². The zero-order valence-corrected chi connectivity index (χ0v) is 19.2. The largest absolute Gasteiger partial charge is 0.349 e. The van der Waals surface area contributed by atoms with Gasteiger partial charge in [0.25, 0.3) is 5.91 Å². The van der Waals surface area contributed by atoms with E-state index in [0.717, 1.165) is 42.0 Å². The Hall–Kier alpha value is -3.51. The van der Waals surface area contributed by atoms with Crippen molar-refractivity contribution in [3.05, 3.63) is 83.9 Å². The van der Waals surface area contributed by atoms with Crippen LogP contribution in [-0.4, -0.2) is 23.0 Å². The van der Waals surface area contributed by atoms with Gasteiger partial charge in [-0.25, -0.2) is 0 Å². The minimum absolute atomic E-state index is 0.130. The Morgan fingerprint density at radius 3 is 2.45 bits per heavy atom. The number of para-hydroxylation sites is 1. The predicted octanol–water partition coefficient (Wildman–Crippen LogP) is 5.43. The lowest BCUT2D eigenvalue weighted by Crippen LogP contribution is -2.37. The zero-order valence-electron chi connectivity index (χ0n) is 18.3. The summed E-state index contributed by atoms with van der Waals surface area (Å²) in [6, 6.07) is 21.4. The van der Waals surface area contributed by atoms with Crippen molar-refractivity contribution >= 4 is 51.7 Å². The third-order valence-corrected chi connectivity index (χ3v) is 6.04. The molecule has 0 unspecified atom stereocenters. The molecule has 33 heavy (non-hydrogen) atoms. The Morgan fingerprint density at radius 1 is 0.879 bits per heavy atom. The molecule has 0 heterocycles. The Kier molecular flexibility index (Phi) is 7.47. The van der Waals surface area contributed by atoms with E-state index in [1.165, 1.54) is 12.5 Å². The lowest BCUT2D eigenvalue weighted by atomic mass is 9.95. The average Bonchev–Trinajstić information content (AvgIpc) is 2.83. The highest BCUT2D eigenvalue weighted by Crippen LogP contribution is 2.21. The number of amides is 2. The molecule has 0 bridgehead atoms. The van der Waals surface area contributed by atoms with Gasteiger partial charge in [0.15, 0.2) is 5.11 Å². The predicted molar refractivity (Wildman–Crippen MR) is 138 cm³/mol. The molecule has 168 valence electrons. The van der Waals surface area contributed by atoms with E-state index in [0.29, 0.717) is 11.3 Å². The molecule has 3 aromatic carbocycles. The smallest absolute Gasteiger partial charge is 0.253 e. The van der Waals surface area contributed by atoms with Crippen molar-refractivity contribution in [3.8, 4) is 0 Å². The van der Waals surface area contributed by atoms with Gasteiger partial charge in [0, 0.05) is 12.1 Å². The number of benzene rings is 3. The van der Waals surface area contributed by atoms with Crippen molar-refractivity contribution in [2.75, 3.05) is 5.32 Å². The zero-order chi connectivity index (χ0) is 23.0. The molecule has 4 rings (SSSR count). The molecule has 0 saturated heterocycles. The topological polar surface area (TPSA) is 70.2 Å². The molecular weight excluding hydrogens is 430 g/mol. The van der Waals surface area contributed by atoms with Gasteiger partial charge in [0.2, 0.25) is 5.91 Å². The number of hydrogen-bond acceptors (Lipinski definition) is 3. The van der Waals surface area contributed by atoms with Gasteiger partial charge in [-0.05, 0) is 59.6 Å². The first kappa shape index (κ1) is 22.7. The number of anilines is 1. The lowest BCUT2D eigenvalue weighted by Gasteiger charge is -2.23. The number of hydrogen-bond donors (Lipinski definition) is 3. The summed E-state index contributed by atoms with van der Waals surface area (Å²) in [4.78, 5) is 25.2. The highest BCUT2D eigenvalue weighted by molar-refractivity contribution is 7.80. The normalized spacial score (nSPS) is 14.2. The minimum Gasteiger partial charge on any atom is -0.349 e. The molecule has 1 aliphatic rings. The van der Waals surface area contributed by atoms with Crippen LogP contribution in [0.15, 0.2) is 72.8 Å². The monoisotopic (exact) mass is 457 g/mol. The highest BCUT2D eigenvalue weighted by atomic mass is 32.1. The summed E-state index contributed by atoms with van der Waals surface area (Å²) in [5.74, 6) is -0.473. The number of rotatable bonds is 5. The van der Waals surface area contributed by atoms with Crippen molar-refractivity contribution in [1.82, 2.24) is 10.6 Å². The van der Waals surface area contributed by atoms with Crippen LogP contribution in [0.4, 0.5) is 5.69 Å². The van der Waals surface area contributed by atoms with Gasteiger partial charge in [0.05, 0.1) is 11.3 Å². The standard InChI is InChI=1S/C27H27N3O2S/c31-25(18-17-20-11-8-10-19-9-4-5-14-22(19)20)30-27(33)29-24-16-7-6-15-23(24)26(32)28-21-12-2-1-3-13-21/h4-11,14-18,21H,1-3,12-13H2,(H,28,32)(H2,29,30,31,33)/b18-17+.